The third-order valence-electron chi connectivity index (χ3n) is 4.26. The minimum Gasteiger partial charge on any atom is -0.317 e. The molecule has 0 bridgehead atoms. The van der Waals surface area contributed by atoms with Crippen LogP contribution < -0.4 is 5.32 Å². The molecule has 1 aliphatic rings. The predicted octanol–water partition coefficient (Wildman–Crippen LogP) is 2.45. The molecule has 112 valence electrons. The van der Waals surface area contributed by atoms with Gasteiger partial charge in [0.2, 0.25) is 0 Å². The molecule has 1 aromatic heterocycles. The second kappa shape index (κ2) is 6.87. The molecule has 1 fully saturated rings. The second-order valence-corrected chi connectivity index (χ2v) is 5.63. The number of nitrogens with zero attached hydrogens (tertiary/aromatic N) is 3. The lowest BCUT2D eigenvalue weighted by Gasteiger charge is -2.33. The van der Waals surface area contributed by atoms with Crippen molar-refractivity contribution in [1.29, 1.82) is 0 Å². The first-order chi connectivity index (χ1) is 10.4. The molecule has 0 spiro atoms. The Morgan fingerprint density at radius 1 is 1.19 bits per heavy atom. The van der Waals surface area contributed by atoms with E-state index in [2.05, 4.69) is 41.5 Å². The molecule has 4 heteroatoms. The quantitative estimate of drug-likeness (QED) is 0.915. The van der Waals surface area contributed by atoms with Gasteiger partial charge in [0.05, 0.1) is 11.4 Å². The Labute approximate surface area is 126 Å². The summed E-state index contributed by atoms with van der Waals surface area (Å²) in [6.45, 7) is 6.55. The van der Waals surface area contributed by atoms with Crippen LogP contribution in [-0.4, -0.2) is 40.4 Å². The van der Waals surface area contributed by atoms with E-state index >= 15 is 0 Å². The third kappa shape index (κ3) is 3.52. The van der Waals surface area contributed by atoms with Gasteiger partial charge in [-0.2, -0.15) is 5.10 Å². The van der Waals surface area contributed by atoms with Gasteiger partial charge in [0.25, 0.3) is 0 Å². The normalized spacial score (nSPS) is 16.5. The first-order valence-electron chi connectivity index (χ1n) is 7.91. The smallest absolute Gasteiger partial charge is 0.0769 e. The van der Waals surface area contributed by atoms with Crippen LogP contribution >= 0.6 is 0 Å². The summed E-state index contributed by atoms with van der Waals surface area (Å²) in [4.78, 5) is 2.55. The molecule has 0 saturated carbocycles. The fourth-order valence-corrected chi connectivity index (χ4v) is 3.05. The molecule has 0 radical (unpaired) electrons. The molecule has 3 rings (SSSR count). The van der Waals surface area contributed by atoms with Crippen molar-refractivity contribution in [3.05, 3.63) is 48.3 Å². The van der Waals surface area contributed by atoms with Crippen molar-refractivity contribution in [2.24, 2.45) is 0 Å². The topological polar surface area (TPSA) is 33.1 Å². The molecule has 21 heavy (non-hydrogen) atoms. The number of aromatic nitrogens is 2. The van der Waals surface area contributed by atoms with Gasteiger partial charge in [0.1, 0.15) is 0 Å². The molecule has 4 nitrogen and oxygen atoms in total. The Kier molecular flexibility index (Phi) is 4.68. The number of piperidine rings is 1. The molecule has 2 aromatic rings. The van der Waals surface area contributed by atoms with Crippen molar-refractivity contribution in [3.63, 3.8) is 0 Å². The van der Waals surface area contributed by atoms with Crippen LogP contribution in [0.5, 0.6) is 0 Å². The van der Waals surface area contributed by atoms with Gasteiger partial charge in [-0.15, -0.1) is 0 Å². The summed E-state index contributed by atoms with van der Waals surface area (Å²) in [7, 11) is 0. The molecular weight excluding hydrogens is 260 g/mol. The highest BCUT2D eigenvalue weighted by molar-refractivity contribution is 5.30. The number of hydrogen-bond donors (Lipinski definition) is 1. The van der Waals surface area contributed by atoms with Crippen LogP contribution in [0, 0.1) is 0 Å². The second-order valence-electron chi connectivity index (χ2n) is 5.63. The number of nitrogens with one attached hydrogen (secondary N) is 1. The minimum atomic E-state index is 0.693. The van der Waals surface area contributed by atoms with Crippen LogP contribution in [0.2, 0.25) is 0 Å². The van der Waals surface area contributed by atoms with Crippen molar-refractivity contribution in [2.75, 3.05) is 19.6 Å². The zero-order valence-corrected chi connectivity index (χ0v) is 12.7. The van der Waals surface area contributed by atoms with Gasteiger partial charge in [-0.1, -0.05) is 25.1 Å². The number of para-hydroxylation sites is 1. The Morgan fingerprint density at radius 3 is 2.67 bits per heavy atom. The van der Waals surface area contributed by atoms with E-state index in [9.17, 15) is 0 Å². The summed E-state index contributed by atoms with van der Waals surface area (Å²) in [6, 6.07) is 13.1. The van der Waals surface area contributed by atoms with Gasteiger partial charge in [-0.05, 0) is 50.7 Å². The van der Waals surface area contributed by atoms with E-state index in [0.717, 1.165) is 37.6 Å². The van der Waals surface area contributed by atoms with Crippen molar-refractivity contribution in [1.82, 2.24) is 20.0 Å². The van der Waals surface area contributed by atoms with E-state index < -0.39 is 0 Å². The lowest BCUT2D eigenvalue weighted by atomic mass is 10.0. The van der Waals surface area contributed by atoms with Crippen LogP contribution in [0.25, 0.3) is 5.69 Å². The van der Waals surface area contributed by atoms with Crippen molar-refractivity contribution in [3.8, 4) is 5.69 Å². The van der Waals surface area contributed by atoms with E-state index in [1.807, 2.05) is 22.9 Å². The maximum Gasteiger partial charge on any atom is 0.0769 e. The largest absolute Gasteiger partial charge is 0.317 e. The summed E-state index contributed by atoms with van der Waals surface area (Å²) in [5.74, 6) is 0. The molecule has 1 aliphatic heterocycles. The van der Waals surface area contributed by atoms with Gasteiger partial charge < -0.3 is 5.32 Å². The highest BCUT2D eigenvalue weighted by atomic mass is 15.3. The first kappa shape index (κ1) is 14.3. The Balaban J connectivity index is 1.68. The average molecular weight is 284 g/mol. The van der Waals surface area contributed by atoms with E-state index in [4.69, 9.17) is 5.10 Å². The maximum absolute atomic E-state index is 4.72. The molecule has 0 amide bonds. The standard InChI is InChI=1S/C17H24N4/c1-2-20(16-8-11-18-12-9-16)14-15-10-13-21(19-15)17-6-4-3-5-7-17/h3-7,10,13,16,18H,2,8-9,11-12,14H2,1H3. The number of rotatable bonds is 5. The molecule has 1 N–H and O–H groups in total. The zero-order chi connectivity index (χ0) is 14.5. The van der Waals surface area contributed by atoms with Gasteiger partial charge in [0, 0.05) is 18.8 Å². The van der Waals surface area contributed by atoms with Crippen molar-refractivity contribution in [2.45, 2.75) is 32.4 Å². The highest BCUT2D eigenvalue weighted by Gasteiger charge is 2.20. The van der Waals surface area contributed by atoms with Crippen LogP contribution in [-0.2, 0) is 6.54 Å². The van der Waals surface area contributed by atoms with Gasteiger partial charge in [0.15, 0.2) is 0 Å². The molecule has 1 saturated heterocycles. The Bertz CT molecular complexity index is 543. The Morgan fingerprint density at radius 2 is 1.95 bits per heavy atom. The van der Waals surface area contributed by atoms with Crippen LogP contribution in [0.15, 0.2) is 42.6 Å². The molecule has 2 heterocycles. The molecular formula is C17H24N4. The molecule has 0 atom stereocenters. The SMILES string of the molecule is CCN(Cc1ccn(-c2ccccc2)n1)C1CCNCC1. The Hall–Kier alpha value is -1.65. The van der Waals surface area contributed by atoms with E-state index in [0.29, 0.717) is 6.04 Å². The lowest BCUT2D eigenvalue weighted by Crippen LogP contribution is -2.42. The van der Waals surface area contributed by atoms with E-state index in [1.54, 1.807) is 0 Å². The predicted molar refractivity (Wildman–Crippen MR) is 85.5 cm³/mol. The summed E-state index contributed by atoms with van der Waals surface area (Å²) >= 11 is 0. The minimum absolute atomic E-state index is 0.693. The average Bonchev–Trinajstić information content (AvgIpc) is 3.03. The molecule has 1 aromatic carbocycles. The third-order valence-corrected chi connectivity index (χ3v) is 4.26. The van der Waals surface area contributed by atoms with Crippen molar-refractivity contribution >= 4 is 0 Å². The van der Waals surface area contributed by atoms with Crippen molar-refractivity contribution < 1.29 is 0 Å². The molecule has 0 unspecified atom stereocenters. The van der Waals surface area contributed by atoms with Crippen LogP contribution in [0.1, 0.15) is 25.5 Å². The fourth-order valence-electron chi connectivity index (χ4n) is 3.05. The van der Waals surface area contributed by atoms with Gasteiger partial charge >= 0.3 is 0 Å². The molecule has 0 aliphatic carbocycles. The number of benzene rings is 1. The van der Waals surface area contributed by atoms with Gasteiger partial charge in [-0.25, -0.2) is 4.68 Å². The zero-order valence-electron chi connectivity index (χ0n) is 12.7. The fraction of sp³-hybridized carbons (Fsp3) is 0.471. The van der Waals surface area contributed by atoms with E-state index in [1.165, 1.54) is 12.8 Å². The van der Waals surface area contributed by atoms with Crippen LogP contribution in [0.3, 0.4) is 0 Å². The monoisotopic (exact) mass is 284 g/mol. The highest BCUT2D eigenvalue weighted by Crippen LogP contribution is 2.15. The van der Waals surface area contributed by atoms with Crippen LogP contribution in [0.4, 0.5) is 0 Å². The first-order valence-corrected chi connectivity index (χ1v) is 7.91. The van der Waals surface area contributed by atoms with Gasteiger partial charge in [-0.3, -0.25) is 4.90 Å². The summed E-state index contributed by atoms with van der Waals surface area (Å²) in [5, 5.41) is 8.16. The summed E-state index contributed by atoms with van der Waals surface area (Å²) in [5.41, 5.74) is 2.27. The van der Waals surface area contributed by atoms with E-state index in [-0.39, 0.29) is 0 Å². The summed E-state index contributed by atoms with van der Waals surface area (Å²) < 4.78 is 1.96. The maximum atomic E-state index is 4.72. The lowest BCUT2D eigenvalue weighted by molar-refractivity contribution is 0.160. The summed E-state index contributed by atoms with van der Waals surface area (Å²) in [6.07, 6.45) is 4.54. The number of hydrogen-bond acceptors (Lipinski definition) is 3.